The lowest BCUT2D eigenvalue weighted by Gasteiger charge is -2.22. The average molecular weight is 258 g/mol. The van der Waals surface area contributed by atoms with Crippen LogP contribution in [-0.4, -0.2) is 33.8 Å². The van der Waals surface area contributed by atoms with Crippen LogP contribution in [0.2, 0.25) is 0 Å². The monoisotopic (exact) mass is 258 g/mol. The molecule has 1 aliphatic heterocycles. The Hall–Kier alpha value is -1.39. The van der Waals surface area contributed by atoms with Gasteiger partial charge in [0.2, 0.25) is 0 Å². The number of rotatable bonds is 4. The summed E-state index contributed by atoms with van der Waals surface area (Å²) in [6, 6.07) is 9.04. The predicted molar refractivity (Wildman–Crippen MR) is 77.9 cm³/mol. The summed E-state index contributed by atoms with van der Waals surface area (Å²) in [7, 11) is 0. The summed E-state index contributed by atoms with van der Waals surface area (Å²) in [5.74, 6) is 0. The molecule has 1 aromatic heterocycles. The van der Waals surface area contributed by atoms with Crippen LogP contribution in [-0.2, 0) is 13.1 Å². The van der Waals surface area contributed by atoms with Gasteiger partial charge in [-0.05, 0) is 32.4 Å². The maximum Gasteiger partial charge on any atom is 0.0843 e. The van der Waals surface area contributed by atoms with Crippen LogP contribution >= 0.6 is 0 Å². The lowest BCUT2D eigenvalue weighted by atomic mass is 10.2. The van der Waals surface area contributed by atoms with E-state index in [1.54, 1.807) is 0 Å². The van der Waals surface area contributed by atoms with Crippen molar-refractivity contribution >= 4 is 10.9 Å². The number of benzene rings is 1. The Kier molecular flexibility index (Phi) is 3.53. The highest BCUT2D eigenvalue weighted by Crippen LogP contribution is 2.23. The molecule has 2 N–H and O–H groups in total. The van der Waals surface area contributed by atoms with Crippen molar-refractivity contribution in [2.24, 2.45) is 5.73 Å². The van der Waals surface area contributed by atoms with E-state index in [0.717, 1.165) is 26.2 Å². The minimum absolute atomic E-state index is 0.533. The van der Waals surface area contributed by atoms with E-state index < -0.39 is 0 Å². The third-order valence-corrected chi connectivity index (χ3v) is 4.16. The second-order valence-electron chi connectivity index (χ2n) is 5.28. The van der Waals surface area contributed by atoms with Gasteiger partial charge in [0.25, 0.3) is 0 Å². The summed E-state index contributed by atoms with van der Waals surface area (Å²) in [5, 5.41) is 6.06. The van der Waals surface area contributed by atoms with E-state index >= 15 is 0 Å². The number of hydrogen-bond acceptors (Lipinski definition) is 3. The first-order valence-electron chi connectivity index (χ1n) is 7.22. The molecular formula is C15H22N4. The smallest absolute Gasteiger partial charge is 0.0843 e. The maximum atomic E-state index is 5.85. The van der Waals surface area contributed by atoms with Crippen LogP contribution in [0.5, 0.6) is 0 Å². The second kappa shape index (κ2) is 5.31. The maximum absolute atomic E-state index is 5.85. The number of aromatic nitrogens is 2. The fraction of sp³-hybridized carbons (Fsp3) is 0.533. The first-order chi connectivity index (χ1) is 9.33. The molecule has 19 heavy (non-hydrogen) atoms. The van der Waals surface area contributed by atoms with Gasteiger partial charge >= 0.3 is 0 Å². The van der Waals surface area contributed by atoms with Gasteiger partial charge in [0, 0.05) is 31.1 Å². The third kappa shape index (κ3) is 2.26. The topological polar surface area (TPSA) is 47.1 Å². The minimum atomic E-state index is 0.533. The first kappa shape index (κ1) is 12.6. The van der Waals surface area contributed by atoms with Crippen molar-refractivity contribution in [1.29, 1.82) is 0 Å². The zero-order valence-electron chi connectivity index (χ0n) is 11.5. The molecule has 0 saturated carbocycles. The highest BCUT2D eigenvalue weighted by molar-refractivity contribution is 5.81. The average Bonchev–Trinajstić information content (AvgIpc) is 3.04. The molecule has 0 bridgehead atoms. The summed E-state index contributed by atoms with van der Waals surface area (Å²) in [4.78, 5) is 2.48. The third-order valence-electron chi connectivity index (χ3n) is 4.16. The number of nitrogens with two attached hydrogens (primary N) is 1. The van der Waals surface area contributed by atoms with Crippen molar-refractivity contribution in [3.63, 3.8) is 0 Å². The molecule has 0 spiro atoms. The molecule has 1 unspecified atom stereocenters. The molecule has 0 amide bonds. The van der Waals surface area contributed by atoms with Crippen LogP contribution in [0.4, 0.5) is 0 Å². The van der Waals surface area contributed by atoms with Crippen molar-refractivity contribution in [2.75, 3.05) is 13.1 Å². The van der Waals surface area contributed by atoms with Gasteiger partial charge in [0.05, 0.1) is 11.2 Å². The van der Waals surface area contributed by atoms with Gasteiger partial charge in [0.15, 0.2) is 0 Å². The Morgan fingerprint density at radius 1 is 1.37 bits per heavy atom. The van der Waals surface area contributed by atoms with Crippen LogP contribution < -0.4 is 5.73 Å². The summed E-state index contributed by atoms with van der Waals surface area (Å²) in [6.45, 7) is 5.89. The van der Waals surface area contributed by atoms with E-state index in [1.165, 1.54) is 29.4 Å². The Labute approximate surface area is 114 Å². The molecule has 2 heterocycles. The standard InChI is InChI=1S/C15H22N4/c1-2-19-15-8-4-3-7-13(15)14(17-19)11-18-9-5-6-12(18)10-16/h3-4,7-8,12H,2,5-6,9-11,16H2,1H3. The van der Waals surface area contributed by atoms with Crippen molar-refractivity contribution in [1.82, 2.24) is 14.7 Å². The molecule has 102 valence electrons. The number of likely N-dealkylation sites (tertiary alicyclic amines) is 1. The van der Waals surface area contributed by atoms with Gasteiger partial charge in [-0.1, -0.05) is 18.2 Å². The van der Waals surface area contributed by atoms with Crippen LogP contribution in [0.25, 0.3) is 10.9 Å². The Morgan fingerprint density at radius 3 is 3.00 bits per heavy atom. The zero-order chi connectivity index (χ0) is 13.2. The number of fused-ring (bicyclic) bond motifs is 1. The molecule has 0 radical (unpaired) electrons. The van der Waals surface area contributed by atoms with Gasteiger partial charge < -0.3 is 5.73 Å². The van der Waals surface area contributed by atoms with Crippen molar-refractivity contribution in [3.05, 3.63) is 30.0 Å². The molecule has 4 heteroatoms. The van der Waals surface area contributed by atoms with Gasteiger partial charge in [-0.15, -0.1) is 0 Å². The molecule has 3 rings (SSSR count). The second-order valence-corrected chi connectivity index (χ2v) is 5.28. The molecule has 1 fully saturated rings. The van der Waals surface area contributed by atoms with Gasteiger partial charge in [-0.3, -0.25) is 9.58 Å². The molecular weight excluding hydrogens is 236 g/mol. The summed E-state index contributed by atoms with van der Waals surface area (Å²) >= 11 is 0. The molecule has 1 saturated heterocycles. The van der Waals surface area contributed by atoms with Crippen LogP contribution in [0.15, 0.2) is 24.3 Å². The number of aryl methyl sites for hydroxylation is 1. The Balaban J connectivity index is 1.92. The highest BCUT2D eigenvalue weighted by Gasteiger charge is 2.24. The van der Waals surface area contributed by atoms with E-state index in [4.69, 9.17) is 10.8 Å². The van der Waals surface area contributed by atoms with Gasteiger partial charge in [-0.2, -0.15) is 5.10 Å². The first-order valence-corrected chi connectivity index (χ1v) is 7.22. The van der Waals surface area contributed by atoms with E-state index in [-0.39, 0.29) is 0 Å². The van der Waals surface area contributed by atoms with Crippen molar-refractivity contribution < 1.29 is 0 Å². The van der Waals surface area contributed by atoms with E-state index in [9.17, 15) is 0 Å². The molecule has 1 atom stereocenters. The quantitative estimate of drug-likeness (QED) is 0.912. The predicted octanol–water partition coefficient (Wildman–Crippen LogP) is 1.98. The SMILES string of the molecule is CCn1nc(CN2CCCC2CN)c2ccccc21. The summed E-state index contributed by atoms with van der Waals surface area (Å²) in [6.07, 6.45) is 2.48. The fourth-order valence-electron chi connectivity index (χ4n) is 3.12. The molecule has 0 aliphatic carbocycles. The van der Waals surface area contributed by atoms with Gasteiger partial charge in [0.1, 0.15) is 0 Å². The molecule has 2 aromatic rings. The zero-order valence-corrected chi connectivity index (χ0v) is 11.5. The van der Waals surface area contributed by atoms with Gasteiger partial charge in [-0.25, -0.2) is 0 Å². The number of hydrogen-bond donors (Lipinski definition) is 1. The number of nitrogens with zero attached hydrogens (tertiary/aromatic N) is 3. The minimum Gasteiger partial charge on any atom is -0.329 e. The molecule has 1 aromatic carbocycles. The highest BCUT2D eigenvalue weighted by atomic mass is 15.3. The Bertz CT molecular complexity index is 560. The summed E-state index contributed by atoms with van der Waals surface area (Å²) in [5.41, 5.74) is 8.29. The largest absolute Gasteiger partial charge is 0.329 e. The lowest BCUT2D eigenvalue weighted by molar-refractivity contribution is 0.247. The Morgan fingerprint density at radius 2 is 2.21 bits per heavy atom. The normalized spacial score (nSPS) is 20.4. The summed E-state index contributed by atoms with van der Waals surface area (Å²) < 4.78 is 2.10. The van der Waals surface area contributed by atoms with Crippen molar-refractivity contribution in [2.45, 2.75) is 38.9 Å². The van der Waals surface area contributed by atoms with Crippen LogP contribution in [0.3, 0.4) is 0 Å². The van der Waals surface area contributed by atoms with Crippen LogP contribution in [0.1, 0.15) is 25.5 Å². The van der Waals surface area contributed by atoms with E-state index in [0.29, 0.717) is 6.04 Å². The number of para-hydroxylation sites is 1. The van der Waals surface area contributed by atoms with E-state index in [1.807, 2.05) is 0 Å². The van der Waals surface area contributed by atoms with E-state index in [2.05, 4.69) is 40.8 Å². The van der Waals surface area contributed by atoms with Crippen LogP contribution in [0, 0.1) is 0 Å². The fourth-order valence-corrected chi connectivity index (χ4v) is 3.12. The lowest BCUT2D eigenvalue weighted by Crippen LogP contribution is -2.35. The van der Waals surface area contributed by atoms with Crippen molar-refractivity contribution in [3.8, 4) is 0 Å². The molecule has 4 nitrogen and oxygen atoms in total. The molecule has 1 aliphatic rings.